The molecular formula is C53H101N3O6. The van der Waals surface area contributed by atoms with Gasteiger partial charge in [-0.05, 0) is 70.6 Å². The van der Waals surface area contributed by atoms with E-state index in [0.29, 0.717) is 45.7 Å². The Morgan fingerprint density at radius 2 is 0.871 bits per heavy atom. The number of aryl methyl sites for hydroxylation is 1. The molecule has 1 heterocycles. The summed E-state index contributed by atoms with van der Waals surface area (Å²) in [5.74, 6) is 0.881. The van der Waals surface area contributed by atoms with E-state index >= 15 is 0 Å². The smallest absolute Gasteiger partial charge is 0.308 e. The summed E-state index contributed by atoms with van der Waals surface area (Å²) >= 11 is 0. The van der Waals surface area contributed by atoms with Gasteiger partial charge in [-0.3, -0.25) is 14.5 Å². The largest absolute Gasteiger partial charge is 0.465 e. The van der Waals surface area contributed by atoms with Gasteiger partial charge in [-0.1, -0.05) is 176 Å². The predicted molar refractivity (Wildman–Crippen MR) is 259 cm³/mol. The number of carbonyl (C=O) groups is 2. The van der Waals surface area contributed by atoms with Gasteiger partial charge in [0, 0.05) is 32.0 Å². The monoisotopic (exact) mass is 876 g/mol. The van der Waals surface area contributed by atoms with Crippen LogP contribution in [0.4, 0.5) is 0 Å². The lowest BCUT2D eigenvalue weighted by Gasteiger charge is -2.27. The van der Waals surface area contributed by atoms with Gasteiger partial charge in [0.1, 0.15) is 5.82 Å². The second kappa shape index (κ2) is 41.7. The minimum atomic E-state index is -0.563. The van der Waals surface area contributed by atoms with Gasteiger partial charge in [0.2, 0.25) is 0 Å². The van der Waals surface area contributed by atoms with E-state index < -0.39 is 12.2 Å². The summed E-state index contributed by atoms with van der Waals surface area (Å²) in [5.41, 5.74) is 0. The maximum atomic E-state index is 13.1. The quantitative estimate of drug-likeness (QED) is 0.0492. The van der Waals surface area contributed by atoms with Crippen LogP contribution in [0.15, 0.2) is 12.4 Å². The highest BCUT2D eigenvalue weighted by atomic mass is 16.5. The SMILES string of the molecule is CCCCCCCCCC(CCCCCC)C(=O)OCCCCC(O)CN(Cc1nccn1CCC)CC(O)CCCCOC(=O)C(CCCCCC)CCCCCCCCC. The Morgan fingerprint density at radius 3 is 1.26 bits per heavy atom. The van der Waals surface area contributed by atoms with Crippen LogP contribution in [0.3, 0.4) is 0 Å². The van der Waals surface area contributed by atoms with Crippen LogP contribution in [0, 0.1) is 11.8 Å². The third kappa shape index (κ3) is 31.8. The van der Waals surface area contributed by atoms with Crippen LogP contribution < -0.4 is 0 Å². The molecule has 0 amide bonds. The van der Waals surface area contributed by atoms with Crippen molar-refractivity contribution in [1.29, 1.82) is 0 Å². The Morgan fingerprint density at radius 1 is 0.516 bits per heavy atom. The van der Waals surface area contributed by atoms with Crippen LogP contribution in [-0.2, 0) is 32.2 Å². The molecular weight excluding hydrogens is 775 g/mol. The van der Waals surface area contributed by atoms with Crippen LogP contribution >= 0.6 is 0 Å². The number of unbranched alkanes of at least 4 members (excludes halogenated alkanes) is 20. The van der Waals surface area contributed by atoms with Gasteiger partial charge in [-0.15, -0.1) is 0 Å². The average Bonchev–Trinajstić information content (AvgIpc) is 3.69. The summed E-state index contributed by atoms with van der Waals surface area (Å²) in [5, 5.41) is 22.4. The van der Waals surface area contributed by atoms with Crippen LogP contribution in [-0.4, -0.2) is 75.1 Å². The number of carbonyl (C=O) groups excluding carboxylic acids is 2. The molecule has 1 aromatic rings. The third-order valence-electron chi connectivity index (χ3n) is 12.7. The van der Waals surface area contributed by atoms with Crippen molar-refractivity contribution in [3.8, 4) is 0 Å². The molecule has 0 saturated carbocycles. The molecule has 364 valence electrons. The Kier molecular flexibility index (Phi) is 39.1. The van der Waals surface area contributed by atoms with Gasteiger partial charge < -0.3 is 24.3 Å². The molecule has 0 saturated heterocycles. The highest BCUT2D eigenvalue weighted by Gasteiger charge is 2.22. The number of hydrogen-bond acceptors (Lipinski definition) is 8. The summed E-state index contributed by atoms with van der Waals surface area (Å²) in [6.07, 6.45) is 38.5. The van der Waals surface area contributed by atoms with Crippen molar-refractivity contribution in [1.82, 2.24) is 14.5 Å². The minimum Gasteiger partial charge on any atom is -0.465 e. The van der Waals surface area contributed by atoms with Crippen molar-refractivity contribution >= 4 is 11.9 Å². The lowest BCUT2D eigenvalue weighted by Crippen LogP contribution is -2.38. The Bertz CT molecular complexity index is 1080. The van der Waals surface area contributed by atoms with Crippen molar-refractivity contribution in [2.24, 2.45) is 11.8 Å². The fourth-order valence-corrected chi connectivity index (χ4v) is 8.75. The number of rotatable bonds is 46. The van der Waals surface area contributed by atoms with Gasteiger partial charge in [-0.2, -0.15) is 0 Å². The first-order chi connectivity index (χ1) is 30.3. The van der Waals surface area contributed by atoms with Crippen LogP contribution in [0.5, 0.6) is 0 Å². The molecule has 0 aromatic carbocycles. The molecule has 9 heteroatoms. The lowest BCUT2D eigenvalue weighted by molar-refractivity contribution is -0.150. The minimum absolute atomic E-state index is 0.00496. The zero-order chi connectivity index (χ0) is 45.3. The van der Waals surface area contributed by atoms with Gasteiger partial charge in [-0.25, -0.2) is 4.98 Å². The van der Waals surface area contributed by atoms with Crippen molar-refractivity contribution in [2.75, 3.05) is 26.3 Å². The van der Waals surface area contributed by atoms with E-state index in [-0.39, 0.29) is 23.8 Å². The number of hydrogen-bond donors (Lipinski definition) is 2. The second-order valence-electron chi connectivity index (χ2n) is 18.8. The molecule has 0 aliphatic carbocycles. The number of esters is 2. The van der Waals surface area contributed by atoms with Crippen LogP contribution in [0.25, 0.3) is 0 Å². The van der Waals surface area contributed by atoms with Crippen LogP contribution in [0.1, 0.15) is 252 Å². The standard InChI is InChI=1S/C53H101N3O6/c1-6-11-15-19-21-23-27-35-47(33-25-17-13-8-3)52(59)61-42-31-29-37-49(57)44-55(46-51-54-39-41-56(51)40-10-5)45-50(58)38-30-32-43-62-53(60)48(34-26-18-14-9-4)36-28-24-22-20-16-12-7-2/h39,41,47-50,57-58H,6-38,40,42-46H2,1-5H3. The van der Waals surface area contributed by atoms with Crippen molar-refractivity contribution in [3.63, 3.8) is 0 Å². The van der Waals surface area contributed by atoms with Crippen LogP contribution in [0.2, 0.25) is 0 Å². The maximum Gasteiger partial charge on any atom is 0.308 e. The number of imidazole rings is 1. The molecule has 0 spiro atoms. The molecule has 4 unspecified atom stereocenters. The molecule has 0 bridgehead atoms. The normalized spacial score (nSPS) is 13.7. The molecule has 0 aliphatic heterocycles. The fraction of sp³-hybridized carbons (Fsp3) is 0.906. The number of nitrogens with zero attached hydrogens (tertiary/aromatic N) is 3. The van der Waals surface area contributed by atoms with Gasteiger partial charge >= 0.3 is 11.9 Å². The highest BCUT2D eigenvalue weighted by molar-refractivity contribution is 5.72. The zero-order valence-electron chi connectivity index (χ0n) is 41.4. The number of ether oxygens (including phenoxy) is 2. The first kappa shape index (κ1) is 58.0. The van der Waals surface area contributed by atoms with E-state index in [9.17, 15) is 19.8 Å². The molecule has 0 aliphatic rings. The van der Waals surface area contributed by atoms with Crippen molar-refractivity contribution in [3.05, 3.63) is 18.2 Å². The van der Waals surface area contributed by atoms with E-state index in [4.69, 9.17) is 9.47 Å². The first-order valence-electron chi connectivity index (χ1n) is 26.7. The molecule has 0 fully saturated rings. The first-order valence-corrected chi connectivity index (χ1v) is 26.7. The van der Waals surface area contributed by atoms with E-state index in [0.717, 1.165) is 95.8 Å². The third-order valence-corrected chi connectivity index (χ3v) is 12.7. The van der Waals surface area contributed by atoms with Gasteiger partial charge in [0.05, 0.1) is 43.8 Å². The number of aliphatic hydroxyl groups is 2. The Hall–Kier alpha value is -1.97. The molecule has 9 nitrogen and oxygen atoms in total. The molecule has 62 heavy (non-hydrogen) atoms. The van der Waals surface area contributed by atoms with Gasteiger partial charge in [0.25, 0.3) is 0 Å². The summed E-state index contributed by atoms with van der Waals surface area (Å²) in [6.45, 7) is 14.2. The molecule has 0 radical (unpaired) electrons. The predicted octanol–water partition coefficient (Wildman–Crippen LogP) is 13.7. The second-order valence-corrected chi connectivity index (χ2v) is 18.8. The van der Waals surface area contributed by atoms with Crippen molar-refractivity contribution in [2.45, 2.75) is 272 Å². The maximum absolute atomic E-state index is 13.1. The number of aromatic nitrogens is 2. The summed E-state index contributed by atoms with van der Waals surface area (Å²) in [4.78, 5) is 33.0. The Labute approximate surface area is 382 Å². The average molecular weight is 876 g/mol. The highest BCUT2D eigenvalue weighted by Crippen LogP contribution is 2.23. The zero-order valence-corrected chi connectivity index (χ0v) is 41.4. The topological polar surface area (TPSA) is 114 Å². The van der Waals surface area contributed by atoms with E-state index in [1.807, 2.05) is 12.4 Å². The van der Waals surface area contributed by atoms with Crippen molar-refractivity contribution < 1.29 is 29.3 Å². The van der Waals surface area contributed by atoms with E-state index in [1.54, 1.807) is 0 Å². The summed E-state index contributed by atoms with van der Waals surface area (Å²) < 4.78 is 13.8. The lowest BCUT2D eigenvalue weighted by atomic mass is 9.94. The van der Waals surface area contributed by atoms with E-state index in [2.05, 4.69) is 49.1 Å². The van der Waals surface area contributed by atoms with E-state index in [1.165, 1.54) is 116 Å². The summed E-state index contributed by atoms with van der Waals surface area (Å²) in [6, 6.07) is 0. The Balaban J connectivity index is 2.59. The summed E-state index contributed by atoms with van der Waals surface area (Å²) in [7, 11) is 0. The molecule has 2 N–H and O–H groups in total. The van der Waals surface area contributed by atoms with Gasteiger partial charge in [0.15, 0.2) is 0 Å². The fourth-order valence-electron chi connectivity index (χ4n) is 8.75. The molecule has 4 atom stereocenters. The number of aliphatic hydroxyl groups excluding tert-OH is 2. The molecule has 1 aromatic heterocycles. The molecule has 1 rings (SSSR count).